The molecule has 2 aromatic rings. The summed E-state index contributed by atoms with van der Waals surface area (Å²) in [5.41, 5.74) is 1.37. The van der Waals surface area contributed by atoms with E-state index in [1.807, 2.05) is 68.4 Å². The van der Waals surface area contributed by atoms with E-state index in [9.17, 15) is 9.59 Å². The first-order valence-corrected chi connectivity index (χ1v) is 9.64. The van der Waals surface area contributed by atoms with Crippen molar-refractivity contribution in [3.8, 4) is 0 Å². The van der Waals surface area contributed by atoms with Crippen LogP contribution in [0, 0.1) is 0 Å². The van der Waals surface area contributed by atoms with Gasteiger partial charge in [0.2, 0.25) is 0 Å². The zero-order valence-electron chi connectivity index (χ0n) is 16.8. The van der Waals surface area contributed by atoms with Crippen molar-refractivity contribution in [2.24, 2.45) is 0 Å². The number of carbonyl (C=O) groups excluding carboxylic acids is 2. The molecule has 2 atom stereocenters. The fourth-order valence-electron chi connectivity index (χ4n) is 3.42. The van der Waals surface area contributed by atoms with Crippen LogP contribution in [0.5, 0.6) is 0 Å². The lowest BCUT2D eigenvalue weighted by molar-refractivity contribution is 0.0277. The molecule has 1 heterocycles. The van der Waals surface area contributed by atoms with Crippen LogP contribution in [0.4, 0.5) is 0 Å². The van der Waals surface area contributed by atoms with Gasteiger partial charge in [-0.3, -0.25) is 14.5 Å². The highest BCUT2D eigenvalue weighted by Crippen LogP contribution is 2.26. The first-order valence-electron chi connectivity index (χ1n) is 9.64. The second-order valence-corrected chi connectivity index (χ2v) is 7.65. The van der Waals surface area contributed by atoms with Crippen molar-refractivity contribution in [2.75, 3.05) is 33.8 Å². The Morgan fingerprint density at radius 1 is 1.07 bits per heavy atom. The molecule has 0 saturated carbocycles. The zero-order valence-corrected chi connectivity index (χ0v) is 16.8. The minimum atomic E-state index is -0.909. The number of nitrogens with one attached hydrogen (secondary N) is 1. The van der Waals surface area contributed by atoms with E-state index in [-0.39, 0.29) is 24.1 Å². The molecule has 0 aliphatic carbocycles. The summed E-state index contributed by atoms with van der Waals surface area (Å²) in [5.74, 6) is -0.0977. The van der Waals surface area contributed by atoms with Crippen LogP contribution < -0.4 is 5.32 Å². The Morgan fingerprint density at radius 3 is 2.32 bits per heavy atom. The van der Waals surface area contributed by atoms with Crippen LogP contribution in [0.1, 0.15) is 45.7 Å². The molecule has 0 spiro atoms. The van der Waals surface area contributed by atoms with Crippen molar-refractivity contribution >= 4 is 11.6 Å². The van der Waals surface area contributed by atoms with Gasteiger partial charge in [0.1, 0.15) is 0 Å². The highest BCUT2D eigenvalue weighted by molar-refractivity contribution is 6.07. The minimum absolute atomic E-state index is 0.0181. The molecule has 0 aromatic heterocycles. The first-order chi connectivity index (χ1) is 13.4. The van der Waals surface area contributed by atoms with E-state index in [0.717, 1.165) is 18.7 Å². The molecule has 5 nitrogen and oxygen atoms in total. The Labute approximate surface area is 166 Å². The maximum absolute atomic E-state index is 13.1. The Bertz CT molecular complexity index is 812. The number of ketones is 2. The number of likely N-dealkylation sites (N-methyl/N-ethyl adjacent to an activating group) is 1. The number of Topliss-reactive ketones (excluding diaryl/α,β-unsaturated/α-hetero) is 2. The number of benzene rings is 2. The molecule has 1 fully saturated rings. The SMILES string of the molecule is CN(C)C(C)(CC(=O)c1ccc(C2CNCCO2)cc1)C(=O)c1ccccc1. The van der Waals surface area contributed by atoms with Gasteiger partial charge < -0.3 is 10.1 Å². The van der Waals surface area contributed by atoms with Gasteiger partial charge in [0, 0.05) is 30.6 Å². The molecule has 2 unspecified atom stereocenters. The predicted molar refractivity (Wildman–Crippen MR) is 110 cm³/mol. The quantitative estimate of drug-likeness (QED) is 0.748. The molecule has 0 amide bonds. The summed E-state index contributed by atoms with van der Waals surface area (Å²) in [7, 11) is 3.68. The standard InChI is InChI=1S/C23H28N2O3/c1-23(25(2)3,22(27)19-7-5-4-6-8-19)15-20(26)17-9-11-18(12-10-17)21-16-24-13-14-28-21/h4-12,21,24H,13-16H2,1-3H3. The van der Waals surface area contributed by atoms with E-state index in [4.69, 9.17) is 4.74 Å². The number of nitrogens with zero attached hydrogens (tertiary/aromatic N) is 1. The Morgan fingerprint density at radius 2 is 1.75 bits per heavy atom. The molecule has 0 bridgehead atoms. The zero-order chi connectivity index (χ0) is 20.1. The van der Waals surface area contributed by atoms with E-state index in [0.29, 0.717) is 17.7 Å². The molecule has 148 valence electrons. The summed E-state index contributed by atoms with van der Waals surface area (Å²) < 4.78 is 5.76. The van der Waals surface area contributed by atoms with Crippen LogP contribution in [-0.2, 0) is 4.74 Å². The average molecular weight is 380 g/mol. The van der Waals surface area contributed by atoms with E-state index >= 15 is 0 Å². The van der Waals surface area contributed by atoms with Crippen molar-refractivity contribution in [3.05, 3.63) is 71.3 Å². The highest BCUT2D eigenvalue weighted by Gasteiger charge is 2.38. The molecular formula is C23H28N2O3. The Hall–Kier alpha value is -2.34. The maximum atomic E-state index is 13.1. The van der Waals surface area contributed by atoms with Crippen molar-refractivity contribution < 1.29 is 14.3 Å². The van der Waals surface area contributed by atoms with Gasteiger partial charge in [-0.2, -0.15) is 0 Å². The molecule has 1 aliphatic heterocycles. The summed E-state index contributed by atoms with van der Waals surface area (Å²) in [6.45, 7) is 4.16. The molecule has 2 aromatic carbocycles. The average Bonchev–Trinajstić information content (AvgIpc) is 2.74. The van der Waals surface area contributed by atoms with E-state index in [2.05, 4.69) is 5.32 Å². The molecule has 3 rings (SSSR count). The molecule has 28 heavy (non-hydrogen) atoms. The lowest BCUT2D eigenvalue weighted by Gasteiger charge is -2.34. The lowest BCUT2D eigenvalue weighted by Crippen LogP contribution is -2.50. The van der Waals surface area contributed by atoms with E-state index < -0.39 is 5.54 Å². The van der Waals surface area contributed by atoms with Crippen molar-refractivity contribution in [2.45, 2.75) is 25.0 Å². The smallest absolute Gasteiger partial charge is 0.183 e. The molecule has 1 aliphatic rings. The minimum Gasteiger partial charge on any atom is -0.371 e. The van der Waals surface area contributed by atoms with Gasteiger partial charge in [0.25, 0.3) is 0 Å². The highest BCUT2D eigenvalue weighted by atomic mass is 16.5. The van der Waals surface area contributed by atoms with Crippen LogP contribution in [0.25, 0.3) is 0 Å². The van der Waals surface area contributed by atoms with Crippen LogP contribution in [0.15, 0.2) is 54.6 Å². The van der Waals surface area contributed by atoms with Gasteiger partial charge in [-0.15, -0.1) is 0 Å². The predicted octanol–water partition coefficient (Wildman–Crippen LogP) is 3.12. The fourth-order valence-corrected chi connectivity index (χ4v) is 3.42. The number of rotatable bonds is 7. The van der Waals surface area contributed by atoms with Gasteiger partial charge in [-0.1, -0.05) is 54.6 Å². The second-order valence-electron chi connectivity index (χ2n) is 7.65. The van der Waals surface area contributed by atoms with Crippen molar-refractivity contribution in [3.63, 3.8) is 0 Å². The normalized spacial score (nSPS) is 19.2. The van der Waals surface area contributed by atoms with Gasteiger partial charge in [0.05, 0.1) is 18.2 Å². The third-order valence-electron chi connectivity index (χ3n) is 5.55. The third-order valence-corrected chi connectivity index (χ3v) is 5.55. The number of ether oxygens (including phenoxy) is 1. The summed E-state index contributed by atoms with van der Waals surface area (Å²) in [4.78, 5) is 27.9. The third kappa shape index (κ3) is 4.38. The number of hydrogen-bond donors (Lipinski definition) is 1. The Balaban J connectivity index is 1.76. The van der Waals surface area contributed by atoms with Crippen LogP contribution in [-0.4, -0.2) is 55.8 Å². The lowest BCUT2D eigenvalue weighted by atomic mass is 9.84. The second kappa shape index (κ2) is 8.78. The van der Waals surface area contributed by atoms with Gasteiger partial charge in [0.15, 0.2) is 11.6 Å². The van der Waals surface area contributed by atoms with Gasteiger partial charge >= 0.3 is 0 Å². The monoisotopic (exact) mass is 380 g/mol. The summed E-state index contributed by atoms with van der Waals surface area (Å²) in [6, 6.07) is 16.7. The first kappa shape index (κ1) is 20.4. The molecule has 1 N–H and O–H groups in total. The number of hydrogen-bond acceptors (Lipinski definition) is 5. The van der Waals surface area contributed by atoms with Crippen molar-refractivity contribution in [1.29, 1.82) is 0 Å². The van der Waals surface area contributed by atoms with Crippen LogP contribution in [0.2, 0.25) is 0 Å². The number of carbonyl (C=O) groups is 2. The topological polar surface area (TPSA) is 58.6 Å². The largest absolute Gasteiger partial charge is 0.371 e. The van der Waals surface area contributed by atoms with Crippen LogP contribution in [0.3, 0.4) is 0 Å². The molecular weight excluding hydrogens is 352 g/mol. The van der Waals surface area contributed by atoms with E-state index in [1.165, 1.54) is 0 Å². The molecule has 1 saturated heterocycles. The van der Waals surface area contributed by atoms with Gasteiger partial charge in [-0.25, -0.2) is 0 Å². The fraction of sp³-hybridized carbons (Fsp3) is 0.391. The van der Waals surface area contributed by atoms with E-state index in [1.54, 1.807) is 12.1 Å². The summed E-state index contributed by atoms with van der Waals surface area (Å²) in [5, 5.41) is 3.31. The van der Waals surface area contributed by atoms with Gasteiger partial charge in [-0.05, 0) is 26.6 Å². The maximum Gasteiger partial charge on any atom is 0.183 e. The molecule has 0 radical (unpaired) electrons. The van der Waals surface area contributed by atoms with Crippen LogP contribution >= 0.6 is 0 Å². The van der Waals surface area contributed by atoms with Crippen molar-refractivity contribution in [1.82, 2.24) is 10.2 Å². The summed E-state index contributed by atoms with van der Waals surface area (Å²) >= 11 is 0. The molecule has 5 heteroatoms. The summed E-state index contributed by atoms with van der Waals surface area (Å²) in [6.07, 6.45) is 0.138. The Kier molecular flexibility index (Phi) is 6.39. The number of morpholine rings is 1.